The fourth-order valence-corrected chi connectivity index (χ4v) is 2.25. The number of hydrogen-bond acceptors (Lipinski definition) is 3. The number of carbonyl (C=O) groups is 1. The van der Waals surface area contributed by atoms with Gasteiger partial charge in [-0.1, -0.05) is 15.9 Å². The second-order valence-electron chi connectivity index (χ2n) is 4.75. The van der Waals surface area contributed by atoms with Crippen molar-refractivity contribution >= 4 is 38.9 Å². The third-order valence-electron chi connectivity index (χ3n) is 2.95. The van der Waals surface area contributed by atoms with E-state index in [0.717, 1.165) is 5.69 Å². The lowest BCUT2D eigenvalue weighted by Crippen LogP contribution is -2.15. The Morgan fingerprint density at radius 2 is 1.95 bits per heavy atom. The van der Waals surface area contributed by atoms with Crippen molar-refractivity contribution in [3.05, 3.63) is 52.3 Å². The second kappa shape index (κ2) is 6.13. The minimum Gasteiger partial charge on any atom is -0.397 e. The van der Waals surface area contributed by atoms with E-state index in [1.807, 2.05) is 19.0 Å². The van der Waals surface area contributed by atoms with Gasteiger partial charge in [-0.2, -0.15) is 0 Å². The van der Waals surface area contributed by atoms with Crippen molar-refractivity contribution in [1.82, 2.24) is 0 Å². The van der Waals surface area contributed by atoms with Gasteiger partial charge in [0.2, 0.25) is 0 Å². The van der Waals surface area contributed by atoms with Gasteiger partial charge >= 0.3 is 0 Å². The molecule has 0 saturated heterocycles. The van der Waals surface area contributed by atoms with Gasteiger partial charge in [0.25, 0.3) is 5.91 Å². The second-order valence-corrected chi connectivity index (χ2v) is 5.66. The summed E-state index contributed by atoms with van der Waals surface area (Å²) >= 11 is 3.24. The third kappa shape index (κ3) is 3.52. The summed E-state index contributed by atoms with van der Waals surface area (Å²) in [6, 6.07) is 9.32. The van der Waals surface area contributed by atoms with E-state index in [9.17, 15) is 9.18 Å². The van der Waals surface area contributed by atoms with Gasteiger partial charge in [-0.05, 0) is 36.4 Å². The fourth-order valence-electron chi connectivity index (χ4n) is 1.89. The molecule has 2 aromatic rings. The highest BCUT2D eigenvalue weighted by atomic mass is 79.9. The molecule has 110 valence electrons. The normalized spacial score (nSPS) is 10.3. The van der Waals surface area contributed by atoms with Crippen molar-refractivity contribution in [2.24, 2.45) is 0 Å². The van der Waals surface area contributed by atoms with E-state index in [-0.39, 0.29) is 5.69 Å². The van der Waals surface area contributed by atoms with Crippen LogP contribution in [-0.2, 0) is 0 Å². The van der Waals surface area contributed by atoms with Crippen LogP contribution in [0.25, 0.3) is 0 Å². The molecule has 2 aromatic carbocycles. The molecule has 0 aliphatic heterocycles. The highest BCUT2D eigenvalue weighted by Crippen LogP contribution is 2.24. The lowest BCUT2D eigenvalue weighted by atomic mass is 10.1. The van der Waals surface area contributed by atoms with Crippen LogP contribution >= 0.6 is 15.9 Å². The van der Waals surface area contributed by atoms with Crippen molar-refractivity contribution in [2.45, 2.75) is 0 Å². The number of hydrogen-bond donors (Lipinski definition) is 2. The molecule has 6 heteroatoms. The molecule has 1 amide bonds. The zero-order valence-corrected chi connectivity index (χ0v) is 13.2. The fraction of sp³-hybridized carbons (Fsp3) is 0.133. The van der Waals surface area contributed by atoms with Gasteiger partial charge in [0.15, 0.2) is 0 Å². The first-order chi connectivity index (χ1) is 9.88. The van der Waals surface area contributed by atoms with E-state index in [0.29, 0.717) is 15.7 Å². The largest absolute Gasteiger partial charge is 0.397 e. The van der Waals surface area contributed by atoms with Crippen LogP contribution in [-0.4, -0.2) is 20.0 Å². The predicted octanol–water partition coefficient (Wildman–Crippen LogP) is 3.49. The Balaban J connectivity index is 2.24. The molecule has 4 nitrogen and oxygen atoms in total. The van der Waals surface area contributed by atoms with Crippen molar-refractivity contribution in [3.8, 4) is 0 Å². The minimum absolute atomic E-state index is 0.115. The molecule has 0 unspecified atom stereocenters. The summed E-state index contributed by atoms with van der Waals surface area (Å²) in [5.41, 5.74) is 7.70. The maximum Gasteiger partial charge on any atom is 0.255 e. The molecule has 0 saturated carbocycles. The van der Waals surface area contributed by atoms with E-state index in [1.54, 1.807) is 24.3 Å². The summed E-state index contributed by atoms with van der Waals surface area (Å²) in [7, 11) is 3.73. The van der Waals surface area contributed by atoms with E-state index in [4.69, 9.17) is 5.73 Å². The lowest BCUT2D eigenvalue weighted by Gasteiger charge is -2.16. The Morgan fingerprint density at radius 3 is 2.57 bits per heavy atom. The van der Waals surface area contributed by atoms with Crippen LogP contribution in [0.15, 0.2) is 40.9 Å². The topological polar surface area (TPSA) is 58.4 Å². The van der Waals surface area contributed by atoms with Crippen LogP contribution in [0.4, 0.5) is 21.5 Å². The van der Waals surface area contributed by atoms with Crippen LogP contribution in [0, 0.1) is 5.82 Å². The molecule has 0 heterocycles. The Hall–Kier alpha value is -2.08. The van der Waals surface area contributed by atoms with Crippen molar-refractivity contribution in [1.29, 1.82) is 0 Å². The Bertz CT molecular complexity index is 689. The average Bonchev–Trinajstić information content (AvgIpc) is 2.42. The summed E-state index contributed by atoms with van der Waals surface area (Å²) in [6.07, 6.45) is 0. The first-order valence-corrected chi connectivity index (χ1v) is 7.01. The molecule has 0 radical (unpaired) electrons. The summed E-state index contributed by atoms with van der Waals surface area (Å²) < 4.78 is 14.3. The van der Waals surface area contributed by atoms with Gasteiger partial charge in [0.1, 0.15) is 5.82 Å². The zero-order chi connectivity index (χ0) is 15.6. The number of nitrogens with one attached hydrogen (secondary N) is 1. The first kappa shape index (κ1) is 15.3. The molecule has 0 fully saturated rings. The molecular weight excluding hydrogens is 337 g/mol. The highest BCUT2D eigenvalue weighted by molar-refractivity contribution is 9.10. The number of benzene rings is 2. The van der Waals surface area contributed by atoms with Crippen LogP contribution < -0.4 is 16.0 Å². The van der Waals surface area contributed by atoms with Gasteiger partial charge < -0.3 is 16.0 Å². The lowest BCUT2D eigenvalue weighted by molar-refractivity contribution is 0.102. The van der Waals surface area contributed by atoms with Crippen molar-refractivity contribution in [3.63, 3.8) is 0 Å². The maximum absolute atomic E-state index is 13.6. The number of rotatable bonds is 3. The number of anilines is 3. The quantitative estimate of drug-likeness (QED) is 0.832. The monoisotopic (exact) mass is 351 g/mol. The summed E-state index contributed by atoms with van der Waals surface area (Å²) in [5, 5.41) is 2.53. The summed E-state index contributed by atoms with van der Waals surface area (Å²) in [5.74, 6) is -0.909. The van der Waals surface area contributed by atoms with E-state index < -0.39 is 11.7 Å². The molecule has 0 atom stereocenters. The standard InChI is InChI=1S/C15H15BrFN3O/c1-20(2)14-6-3-9(7-12(14)18)15(21)19-13-8-10(16)4-5-11(13)17/h3-8H,18H2,1-2H3,(H,19,21). The number of carbonyl (C=O) groups excluding carboxylic acids is 1. The molecule has 0 aromatic heterocycles. The highest BCUT2D eigenvalue weighted by Gasteiger charge is 2.12. The number of nitrogens with zero attached hydrogens (tertiary/aromatic N) is 1. The van der Waals surface area contributed by atoms with Gasteiger partial charge in [0.05, 0.1) is 17.1 Å². The molecule has 3 N–H and O–H groups in total. The van der Waals surface area contributed by atoms with Crippen LogP contribution in [0.3, 0.4) is 0 Å². The Morgan fingerprint density at radius 1 is 1.24 bits per heavy atom. The molecule has 2 rings (SSSR count). The van der Waals surface area contributed by atoms with Gasteiger partial charge in [-0.3, -0.25) is 4.79 Å². The number of nitrogen functional groups attached to an aromatic ring is 1. The van der Waals surface area contributed by atoms with E-state index >= 15 is 0 Å². The predicted molar refractivity (Wildman–Crippen MR) is 87.2 cm³/mol. The Kier molecular flexibility index (Phi) is 4.47. The molecule has 0 bridgehead atoms. The summed E-state index contributed by atoms with van der Waals surface area (Å²) in [4.78, 5) is 14.0. The summed E-state index contributed by atoms with van der Waals surface area (Å²) in [6.45, 7) is 0. The SMILES string of the molecule is CN(C)c1ccc(C(=O)Nc2cc(Br)ccc2F)cc1N. The number of amides is 1. The minimum atomic E-state index is -0.496. The van der Waals surface area contributed by atoms with Gasteiger partial charge in [-0.15, -0.1) is 0 Å². The molecule has 21 heavy (non-hydrogen) atoms. The van der Waals surface area contributed by atoms with Crippen LogP contribution in [0.2, 0.25) is 0 Å². The molecular formula is C15H15BrFN3O. The van der Waals surface area contributed by atoms with E-state index in [2.05, 4.69) is 21.2 Å². The Labute approximate surface area is 130 Å². The molecule has 0 aliphatic carbocycles. The van der Waals surface area contributed by atoms with Crippen LogP contribution in [0.1, 0.15) is 10.4 Å². The average molecular weight is 352 g/mol. The zero-order valence-electron chi connectivity index (χ0n) is 11.7. The van der Waals surface area contributed by atoms with Crippen molar-refractivity contribution in [2.75, 3.05) is 30.0 Å². The molecule has 0 aliphatic rings. The maximum atomic E-state index is 13.6. The number of nitrogens with two attached hydrogens (primary N) is 1. The molecule has 0 spiro atoms. The number of halogens is 2. The van der Waals surface area contributed by atoms with Gasteiger partial charge in [-0.25, -0.2) is 4.39 Å². The first-order valence-electron chi connectivity index (χ1n) is 6.21. The van der Waals surface area contributed by atoms with Gasteiger partial charge in [0, 0.05) is 24.1 Å². The van der Waals surface area contributed by atoms with Crippen LogP contribution in [0.5, 0.6) is 0 Å². The van der Waals surface area contributed by atoms with Crippen molar-refractivity contribution < 1.29 is 9.18 Å². The van der Waals surface area contributed by atoms with E-state index in [1.165, 1.54) is 12.1 Å². The smallest absolute Gasteiger partial charge is 0.255 e. The third-order valence-corrected chi connectivity index (χ3v) is 3.44.